The molecule has 0 unspecified atom stereocenters. The van der Waals surface area contributed by atoms with Crippen LogP contribution in [0.3, 0.4) is 0 Å². The molecule has 0 N–H and O–H groups in total. The van der Waals surface area contributed by atoms with Crippen molar-refractivity contribution < 1.29 is 17.7 Å². The fourth-order valence-corrected chi connectivity index (χ4v) is 4.72. The molecule has 9 aromatic rings. The Morgan fingerprint density at radius 1 is 0.260 bits per heavy atom. The molecule has 0 saturated carbocycles. The summed E-state index contributed by atoms with van der Waals surface area (Å²) in [6, 6.07) is 26.5. The Kier molecular flexibility index (Phi) is 6.94. The first-order valence-corrected chi connectivity index (χ1v) is 14.8. The van der Waals surface area contributed by atoms with Gasteiger partial charge in [0.2, 0.25) is 0 Å². The van der Waals surface area contributed by atoms with Crippen molar-refractivity contribution in [3.8, 4) is 92.7 Å². The molecule has 17 heteroatoms. The van der Waals surface area contributed by atoms with Crippen LogP contribution in [0, 0.1) is 0 Å². The van der Waals surface area contributed by atoms with Gasteiger partial charge in [0.15, 0.2) is 0 Å². The lowest BCUT2D eigenvalue weighted by molar-refractivity contribution is 0.573. The molecule has 0 amide bonds. The standard InChI is InChI=1S/C33H17N13O4/c1-3-16-34-18(8-1)26-39-41-28(47-26)20-10-5-12-22(36-20)30-43-45-32(49-30)24-14-7-15-25(38-24)33-46-44-31(50-33)23-13-6-11-21(37-23)29-42-40-27(48-29)19-9-2-4-17-35-19/h1-17H. The van der Waals surface area contributed by atoms with E-state index in [4.69, 9.17) is 17.7 Å². The van der Waals surface area contributed by atoms with E-state index in [0.29, 0.717) is 45.6 Å². The second-order valence-corrected chi connectivity index (χ2v) is 10.3. The maximum atomic E-state index is 5.95. The van der Waals surface area contributed by atoms with Gasteiger partial charge in [-0.05, 0) is 60.7 Å². The van der Waals surface area contributed by atoms with Gasteiger partial charge in [-0.3, -0.25) is 9.97 Å². The number of rotatable bonds is 8. The van der Waals surface area contributed by atoms with Gasteiger partial charge in [0.1, 0.15) is 45.6 Å². The van der Waals surface area contributed by atoms with Gasteiger partial charge >= 0.3 is 0 Å². The van der Waals surface area contributed by atoms with E-state index in [1.54, 1.807) is 91.3 Å². The van der Waals surface area contributed by atoms with Crippen molar-refractivity contribution in [2.75, 3.05) is 0 Å². The summed E-state index contributed by atoms with van der Waals surface area (Å²) < 4.78 is 23.5. The van der Waals surface area contributed by atoms with Crippen molar-refractivity contribution in [3.63, 3.8) is 0 Å². The highest BCUT2D eigenvalue weighted by molar-refractivity contribution is 5.61. The van der Waals surface area contributed by atoms with Gasteiger partial charge in [0, 0.05) is 12.4 Å². The zero-order valence-corrected chi connectivity index (χ0v) is 25.3. The van der Waals surface area contributed by atoms with Crippen LogP contribution in [0.1, 0.15) is 0 Å². The van der Waals surface area contributed by atoms with E-state index in [-0.39, 0.29) is 47.1 Å². The average molecular weight is 660 g/mol. The lowest BCUT2D eigenvalue weighted by Gasteiger charge is -1.99. The third-order valence-corrected chi connectivity index (χ3v) is 7.03. The molecule has 9 aromatic heterocycles. The molecule has 0 aromatic carbocycles. The number of aromatic nitrogens is 13. The van der Waals surface area contributed by atoms with Gasteiger partial charge in [0.05, 0.1) is 0 Å². The summed E-state index contributed by atoms with van der Waals surface area (Å²) in [5.41, 5.74) is 3.53. The first-order chi connectivity index (χ1) is 24.7. The van der Waals surface area contributed by atoms with Gasteiger partial charge in [-0.15, -0.1) is 40.8 Å². The molecule has 0 aliphatic rings. The number of hydrogen-bond donors (Lipinski definition) is 0. The Morgan fingerprint density at radius 3 is 0.740 bits per heavy atom. The fourth-order valence-electron chi connectivity index (χ4n) is 4.72. The zero-order chi connectivity index (χ0) is 33.3. The zero-order valence-electron chi connectivity index (χ0n) is 25.3. The predicted octanol–water partition coefficient (Wildman–Crippen LogP) is 5.53. The van der Waals surface area contributed by atoms with Gasteiger partial charge in [-0.25, -0.2) is 15.0 Å². The molecule has 0 aliphatic heterocycles. The van der Waals surface area contributed by atoms with Crippen molar-refractivity contribution >= 4 is 0 Å². The summed E-state index contributed by atoms with van der Waals surface area (Å²) in [7, 11) is 0. The average Bonchev–Trinajstić information content (AvgIpc) is 4.03. The van der Waals surface area contributed by atoms with E-state index in [1.165, 1.54) is 0 Å². The lowest BCUT2D eigenvalue weighted by atomic mass is 10.3. The van der Waals surface area contributed by atoms with Crippen LogP contribution in [0.25, 0.3) is 92.7 Å². The predicted molar refractivity (Wildman–Crippen MR) is 170 cm³/mol. The Labute approximate surface area is 279 Å². The quantitative estimate of drug-likeness (QED) is 0.196. The maximum absolute atomic E-state index is 5.95. The SMILES string of the molecule is c1ccc(-c2nnc(-c3cccc(-c4nnc(-c5cccc(-c6nnc(-c7cccc(-c8nnc(-c9ccccn9)o8)n7)o6)n5)o4)n3)o2)nc1. The van der Waals surface area contributed by atoms with E-state index in [2.05, 4.69) is 65.7 Å². The molecule has 9 heterocycles. The van der Waals surface area contributed by atoms with Crippen molar-refractivity contribution in [1.29, 1.82) is 0 Å². The monoisotopic (exact) mass is 659 g/mol. The molecule has 0 aliphatic carbocycles. The number of hydrogen-bond acceptors (Lipinski definition) is 17. The van der Waals surface area contributed by atoms with Gasteiger partial charge in [-0.2, -0.15) is 0 Å². The Balaban J connectivity index is 0.941. The summed E-state index contributed by atoms with van der Waals surface area (Å²) in [6.45, 7) is 0. The molecule has 0 radical (unpaired) electrons. The Hall–Kier alpha value is -7.69. The normalized spacial score (nSPS) is 11.2. The summed E-state index contributed by atoms with van der Waals surface area (Å²) in [6.07, 6.45) is 3.29. The maximum Gasteiger partial charge on any atom is 0.266 e. The summed E-state index contributed by atoms with van der Waals surface area (Å²) >= 11 is 0. The molecule has 238 valence electrons. The summed E-state index contributed by atoms with van der Waals surface area (Å²) in [5, 5.41) is 33.1. The Bertz CT molecular complexity index is 2410. The number of nitrogens with zero attached hydrogens (tertiary/aromatic N) is 13. The van der Waals surface area contributed by atoms with Gasteiger partial charge in [0.25, 0.3) is 47.1 Å². The Morgan fingerprint density at radius 2 is 0.500 bits per heavy atom. The first kappa shape index (κ1) is 28.5. The number of pyridine rings is 5. The third-order valence-electron chi connectivity index (χ3n) is 7.03. The molecule has 50 heavy (non-hydrogen) atoms. The van der Waals surface area contributed by atoms with Crippen LogP contribution in [0.2, 0.25) is 0 Å². The second kappa shape index (κ2) is 12.2. The van der Waals surface area contributed by atoms with E-state index in [9.17, 15) is 0 Å². The van der Waals surface area contributed by atoms with Crippen LogP contribution in [0.5, 0.6) is 0 Å². The molecule has 0 spiro atoms. The first-order valence-electron chi connectivity index (χ1n) is 14.8. The topological polar surface area (TPSA) is 220 Å². The van der Waals surface area contributed by atoms with Crippen LogP contribution in [0.15, 0.2) is 121 Å². The highest BCUT2D eigenvalue weighted by Crippen LogP contribution is 2.29. The van der Waals surface area contributed by atoms with Crippen LogP contribution in [-0.2, 0) is 0 Å². The van der Waals surface area contributed by atoms with Crippen molar-refractivity contribution in [2.45, 2.75) is 0 Å². The summed E-state index contributed by atoms with van der Waals surface area (Å²) in [5.74, 6) is 1.62. The molecule has 0 bridgehead atoms. The van der Waals surface area contributed by atoms with Crippen molar-refractivity contribution in [3.05, 3.63) is 103 Å². The summed E-state index contributed by atoms with van der Waals surface area (Å²) in [4.78, 5) is 22.2. The van der Waals surface area contributed by atoms with Gasteiger partial charge in [-0.1, -0.05) is 30.3 Å². The molecular formula is C33H17N13O4. The van der Waals surface area contributed by atoms with E-state index >= 15 is 0 Å². The van der Waals surface area contributed by atoms with E-state index in [0.717, 1.165) is 0 Å². The van der Waals surface area contributed by atoms with Crippen LogP contribution in [0.4, 0.5) is 0 Å². The molecule has 0 fully saturated rings. The van der Waals surface area contributed by atoms with Crippen molar-refractivity contribution in [1.82, 2.24) is 65.7 Å². The molecule has 17 nitrogen and oxygen atoms in total. The third kappa shape index (κ3) is 5.51. The van der Waals surface area contributed by atoms with E-state index < -0.39 is 0 Å². The minimum absolute atomic E-state index is 0.156. The molecule has 0 atom stereocenters. The molecular weight excluding hydrogens is 642 g/mol. The van der Waals surface area contributed by atoms with E-state index in [1.807, 2.05) is 12.1 Å². The highest BCUT2D eigenvalue weighted by atomic mass is 16.4. The molecule has 9 rings (SSSR count). The van der Waals surface area contributed by atoms with Crippen LogP contribution < -0.4 is 0 Å². The highest BCUT2D eigenvalue weighted by Gasteiger charge is 2.20. The minimum atomic E-state index is 0.156. The smallest absolute Gasteiger partial charge is 0.266 e. The van der Waals surface area contributed by atoms with Gasteiger partial charge < -0.3 is 17.7 Å². The second-order valence-electron chi connectivity index (χ2n) is 10.3. The largest absolute Gasteiger partial charge is 0.413 e. The lowest BCUT2D eigenvalue weighted by Crippen LogP contribution is -1.88. The van der Waals surface area contributed by atoms with Crippen LogP contribution in [-0.4, -0.2) is 65.7 Å². The molecule has 0 saturated heterocycles. The fraction of sp³-hybridized carbons (Fsp3) is 0. The minimum Gasteiger partial charge on any atom is -0.413 e. The van der Waals surface area contributed by atoms with Crippen molar-refractivity contribution in [2.24, 2.45) is 0 Å². The van der Waals surface area contributed by atoms with Crippen LogP contribution >= 0.6 is 0 Å².